The largest absolute Gasteiger partial charge is 0.491 e. The highest BCUT2D eigenvalue weighted by Gasteiger charge is 2.14. The molecule has 0 saturated heterocycles. The van der Waals surface area contributed by atoms with Crippen molar-refractivity contribution in [3.63, 3.8) is 0 Å². The second-order valence-corrected chi connectivity index (χ2v) is 8.80. The first kappa shape index (κ1) is 22.9. The number of anilines is 1. The van der Waals surface area contributed by atoms with E-state index >= 15 is 0 Å². The highest BCUT2D eigenvalue weighted by Crippen LogP contribution is 2.32. The maximum Gasteiger partial charge on any atom is 0.255 e. The van der Waals surface area contributed by atoms with Crippen LogP contribution >= 0.6 is 11.6 Å². The van der Waals surface area contributed by atoms with Crippen LogP contribution in [-0.2, 0) is 0 Å². The Labute approximate surface area is 198 Å². The summed E-state index contributed by atoms with van der Waals surface area (Å²) in [6.45, 7) is 8.27. The number of fused-ring (bicyclic) bond motifs is 1. The molecular formula is C27H27ClN2O3. The minimum atomic E-state index is -0.263. The fourth-order valence-electron chi connectivity index (χ4n) is 3.52. The molecule has 0 radical (unpaired) electrons. The lowest BCUT2D eigenvalue weighted by Crippen LogP contribution is -2.12. The number of carbonyl (C=O) groups is 1. The number of nitrogens with zero attached hydrogens (tertiary/aromatic N) is 1. The van der Waals surface area contributed by atoms with Gasteiger partial charge in [0.25, 0.3) is 5.91 Å². The zero-order valence-corrected chi connectivity index (χ0v) is 19.9. The molecule has 0 saturated carbocycles. The molecule has 1 heterocycles. The van der Waals surface area contributed by atoms with Gasteiger partial charge < -0.3 is 14.5 Å². The molecule has 6 heteroatoms. The second-order valence-electron chi connectivity index (χ2n) is 8.40. The van der Waals surface area contributed by atoms with Crippen LogP contribution in [0.25, 0.3) is 22.6 Å². The summed E-state index contributed by atoms with van der Waals surface area (Å²) in [5.41, 5.74) is 4.50. The van der Waals surface area contributed by atoms with Gasteiger partial charge in [0.05, 0.1) is 16.8 Å². The molecule has 170 valence electrons. The number of nitrogens with one attached hydrogen (secondary N) is 1. The number of carbonyl (C=O) groups excluding carboxylic acids is 1. The summed E-state index contributed by atoms with van der Waals surface area (Å²) in [4.78, 5) is 17.4. The van der Waals surface area contributed by atoms with Crippen molar-refractivity contribution in [2.75, 3.05) is 5.32 Å². The van der Waals surface area contributed by atoms with Crippen molar-refractivity contribution in [1.82, 2.24) is 4.98 Å². The second kappa shape index (κ2) is 9.67. The lowest BCUT2D eigenvalue weighted by atomic mass is 9.98. The summed E-state index contributed by atoms with van der Waals surface area (Å²) >= 11 is 6.36. The lowest BCUT2D eigenvalue weighted by Gasteiger charge is -2.11. The van der Waals surface area contributed by atoms with E-state index in [0.29, 0.717) is 33.8 Å². The van der Waals surface area contributed by atoms with Crippen LogP contribution in [0.5, 0.6) is 5.75 Å². The third-order valence-corrected chi connectivity index (χ3v) is 5.87. The van der Waals surface area contributed by atoms with Gasteiger partial charge in [-0.15, -0.1) is 0 Å². The summed E-state index contributed by atoms with van der Waals surface area (Å²) in [5, 5.41) is 3.31. The SMILES string of the molecule is CC[C@@H](C)c1ccc2oc(-c3ccc(Cl)c(NC(=O)c4ccc(OC(C)C)cc4)c3)nc2c1. The van der Waals surface area contributed by atoms with Crippen molar-refractivity contribution >= 4 is 34.3 Å². The van der Waals surface area contributed by atoms with E-state index < -0.39 is 0 Å². The van der Waals surface area contributed by atoms with E-state index in [1.165, 1.54) is 5.56 Å². The molecule has 4 aromatic rings. The van der Waals surface area contributed by atoms with Crippen LogP contribution in [0.2, 0.25) is 5.02 Å². The van der Waals surface area contributed by atoms with E-state index in [9.17, 15) is 4.79 Å². The quantitative estimate of drug-likeness (QED) is 0.305. The minimum absolute atomic E-state index is 0.0692. The summed E-state index contributed by atoms with van der Waals surface area (Å²) < 4.78 is 11.6. The summed E-state index contributed by atoms with van der Waals surface area (Å²) in [5.74, 6) is 1.39. The van der Waals surface area contributed by atoms with Crippen LogP contribution in [0, 0.1) is 0 Å². The van der Waals surface area contributed by atoms with Crippen LogP contribution in [0.15, 0.2) is 65.1 Å². The first-order chi connectivity index (χ1) is 15.8. The molecule has 1 N–H and O–H groups in total. The third-order valence-electron chi connectivity index (χ3n) is 5.54. The number of hydrogen-bond acceptors (Lipinski definition) is 4. The van der Waals surface area contributed by atoms with Gasteiger partial charge in [0.2, 0.25) is 5.89 Å². The van der Waals surface area contributed by atoms with Gasteiger partial charge in [-0.25, -0.2) is 4.98 Å². The molecular weight excluding hydrogens is 436 g/mol. The monoisotopic (exact) mass is 462 g/mol. The van der Waals surface area contributed by atoms with Crippen molar-refractivity contribution < 1.29 is 13.9 Å². The van der Waals surface area contributed by atoms with E-state index in [4.69, 9.17) is 20.8 Å². The maximum atomic E-state index is 12.8. The minimum Gasteiger partial charge on any atom is -0.491 e. The van der Waals surface area contributed by atoms with Gasteiger partial charge in [-0.3, -0.25) is 4.79 Å². The predicted octanol–water partition coefficient (Wildman–Crippen LogP) is 7.70. The van der Waals surface area contributed by atoms with Crippen molar-refractivity contribution in [1.29, 1.82) is 0 Å². The van der Waals surface area contributed by atoms with Crippen LogP contribution in [0.4, 0.5) is 5.69 Å². The number of benzene rings is 3. The zero-order chi connectivity index (χ0) is 23.5. The fraction of sp³-hybridized carbons (Fsp3) is 0.259. The normalized spacial score (nSPS) is 12.2. The Kier molecular flexibility index (Phi) is 6.70. The molecule has 0 aliphatic rings. The molecule has 0 aliphatic heterocycles. The first-order valence-corrected chi connectivity index (χ1v) is 11.5. The van der Waals surface area contributed by atoms with Crippen molar-refractivity contribution in [2.45, 2.75) is 46.1 Å². The van der Waals surface area contributed by atoms with Gasteiger partial charge in [-0.1, -0.05) is 31.5 Å². The van der Waals surface area contributed by atoms with Crippen LogP contribution in [0.1, 0.15) is 56.0 Å². The molecule has 0 unspecified atom stereocenters. The molecule has 5 nitrogen and oxygen atoms in total. The molecule has 0 aliphatic carbocycles. The molecule has 0 fully saturated rings. The number of hydrogen-bond donors (Lipinski definition) is 1. The van der Waals surface area contributed by atoms with Crippen LogP contribution in [-0.4, -0.2) is 17.0 Å². The third kappa shape index (κ3) is 5.20. The molecule has 0 bridgehead atoms. The number of aromatic nitrogens is 1. The number of oxazole rings is 1. The molecule has 0 spiro atoms. The smallest absolute Gasteiger partial charge is 0.255 e. The Hall–Kier alpha value is -3.31. The van der Waals surface area contributed by atoms with Gasteiger partial charge >= 0.3 is 0 Å². The molecule has 1 atom stereocenters. The van der Waals surface area contributed by atoms with E-state index in [0.717, 1.165) is 23.1 Å². The van der Waals surface area contributed by atoms with Gasteiger partial charge in [0.15, 0.2) is 5.58 Å². The fourth-order valence-corrected chi connectivity index (χ4v) is 3.68. The van der Waals surface area contributed by atoms with Gasteiger partial charge in [-0.05, 0) is 86.3 Å². The Morgan fingerprint density at radius 3 is 2.52 bits per heavy atom. The predicted molar refractivity (Wildman–Crippen MR) is 133 cm³/mol. The number of halogens is 1. The summed E-state index contributed by atoms with van der Waals surface area (Å²) in [7, 11) is 0. The number of ether oxygens (including phenoxy) is 1. The van der Waals surface area contributed by atoms with Crippen molar-refractivity contribution in [2.24, 2.45) is 0 Å². The van der Waals surface area contributed by atoms with E-state index in [1.807, 2.05) is 26.0 Å². The standard InChI is InChI=1S/C27H27ClN2O3/c1-5-17(4)19-9-13-25-24(14-19)30-27(33-25)20-8-12-22(28)23(15-20)29-26(31)18-6-10-21(11-7-18)32-16(2)3/h6-17H,5H2,1-4H3,(H,29,31)/t17-/m1/s1. The molecule has 3 aromatic carbocycles. The van der Waals surface area contributed by atoms with E-state index in [-0.39, 0.29) is 12.0 Å². The summed E-state index contributed by atoms with van der Waals surface area (Å²) in [6, 6.07) is 18.4. The molecule has 4 rings (SSSR count). The lowest BCUT2D eigenvalue weighted by molar-refractivity contribution is 0.102. The number of amides is 1. The van der Waals surface area contributed by atoms with Gasteiger partial charge in [-0.2, -0.15) is 0 Å². The van der Waals surface area contributed by atoms with Gasteiger partial charge in [0, 0.05) is 11.1 Å². The number of rotatable bonds is 7. The molecule has 1 amide bonds. The van der Waals surface area contributed by atoms with Crippen LogP contribution < -0.4 is 10.1 Å². The average Bonchev–Trinajstić information content (AvgIpc) is 3.23. The van der Waals surface area contributed by atoms with Crippen molar-refractivity contribution in [3.05, 3.63) is 76.8 Å². The van der Waals surface area contributed by atoms with E-state index in [1.54, 1.807) is 36.4 Å². The van der Waals surface area contributed by atoms with Gasteiger partial charge in [0.1, 0.15) is 11.3 Å². The van der Waals surface area contributed by atoms with Crippen molar-refractivity contribution in [3.8, 4) is 17.2 Å². The molecule has 1 aromatic heterocycles. The topological polar surface area (TPSA) is 64.4 Å². The Bertz CT molecular complexity index is 1280. The maximum absolute atomic E-state index is 12.8. The highest BCUT2D eigenvalue weighted by molar-refractivity contribution is 6.34. The highest BCUT2D eigenvalue weighted by atomic mass is 35.5. The Morgan fingerprint density at radius 2 is 1.82 bits per heavy atom. The Morgan fingerprint density at radius 1 is 1.06 bits per heavy atom. The molecule has 33 heavy (non-hydrogen) atoms. The van der Waals surface area contributed by atoms with E-state index in [2.05, 4.69) is 36.3 Å². The first-order valence-electron chi connectivity index (χ1n) is 11.1. The summed E-state index contributed by atoms with van der Waals surface area (Å²) in [6.07, 6.45) is 1.13. The zero-order valence-electron chi connectivity index (χ0n) is 19.2. The average molecular weight is 463 g/mol. The Balaban J connectivity index is 1.57. The van der Waals surface area contributed by atoms with Crippen LogP contribution in [0.3, 0.4) is 0 Å².